The summed E-state index contributed by atoms with van der Waals surface area (Å²) in [6, 6.07) is 6.00. The Morgan fingerprint density at radius 1 is 1.28 bits per heavy atom. The van der Waals surface area contributed by atoms with Crippen LogP contribution >= 0.6 is 11.6 Å². The largest absolute Gasteiger partial charge is 0.300 e. The first-order valence-corrected chi connectivity index (χ1v) is 7.60. The van der Waals surface area contributed by atoms with Gasteiger partial charge in [-0.25, -0.2) is 13.1 Å². The number of Topliss-reactive ketones (excluding diaryl/α,β-unsaturated/α-hetero) is 1. The Bertz CT molecular complexity index is 539. The molecule has 0 bridgehead atoms. The second kappa shape index (κ2) is 5.38. The van der Waals surface area contributed by atoms with Crippen LogP contribution < -0.4 is 4.72 Å². The molecule has 4 nitrogen and oxygen atoms in total. The van der Waals surface area contributed by atoms with E-state index in [2.05, 4.69) is 4.72 Å². The highest BCUT2D eigenvalue weighted by Gasteiger charge is 2.24. The first-order valence-electron chi connectivity index (χ1n) is 5.74. The lowest BCUT2D eigenvalue weighted by Crippen LogP contribution is -2.28. The summed E-state index contributed by atoms with van der Waals surface area (Å²) >= 11 is 5.71. The fourth-order valence-corrected chi connectivity index (χ4v) is 3.23. The second-order valence-electron chi connectivity index (χ2n) is 4.45. The van der Waals surface area contributed by atoms with Crippen LogP contribution in [0.15, 0.2) is 29.2 Å². The maximum absolute atomic E-state index is 11.9. The maximum Gasteiger partial charge on any atom is 0.240 e. The predicted octanol–water partition coefficient (Wildman–Crippen LogP) is 1.99. The van der Waals surface area contributed by atoms with Crippen molar-refractivity contribution in [1.29, 1.82) is 0 Å². The van der Waals surface area contributed by atoms with Gasteiger partial charge in [0.1, 0.15) is 5.78 Å². The predicted molar refractivity (Wildman–Crippen MR) is 69.0 cm³/mol. The summed E-state index contributed by atoms with van der Waals surface area (Å²) in [6.07, 6.45) is 1.80. The molecule has 98 valence electrons. The number of hydrogen-bond acceptors (Lipinski definition) is 3. The molecule has 1 atom stereocenters. The smallest absolute Gasteiger partial charge is 0.240 e. The summed E-state index contributed by atoms with van der Waals surface area (Å²) in [6.45, 7) is 0.316. The van der Waals surface area contributed by atoms with E-state index in [9.17, 15) is 13.2 Å². The standard InChI is InChI=1S/C12H14ClNO3S/c13-10-2-5-12(6-3-10)18(16,17)14-8-9-1-4-11(15)7-9/h2-3,5-6,9,14H,1,4,7-8H2. The minimum absolute atomic E-state index is 0.125. The van der Waals surface area contributed by atoms with Crippen LogP contribution in [0.3, 0.4) is 0 Å². The molecule has 0 saturated heterocycles. The van der Waals surface area contributed by atoms with Crippen LogP contribution in [0.1, 0.15) is 19.3 Å². The van der Waals surface area contributed by atoms with Gasteiger partial charge in [-0.2, -0.15) is 0 Å². The third-order valence-corrected chi connectivity index (χ3v) is 4.73. The van der Waals surface area contributed by atoms with E-state index in [1.807, 2.05) is 0 Å². The molecular formula is C12H14ClNO3S. The summed E-state index contributed by atoms with van der Waals surface area (Å²) in [5.74, 6) is 0.338. The molecule has 2 rings (SSSR count). The van der Waals surface area contributed by atoms with Crippen molar-refractivity contribution in [2.24, 2.45) is 5.92 Å². The fraction of sp³-hybridized carbons (Fsp3) is 0.417. The van der Waals surface area contributed by atoms with E-state index < -0.39 is 10.0 Å². The lowest BCUT2D eigenvalue weighted by molar-refractivity contribution is -0.117. The SMILES string of the molecule is O=C1CCC(CNS(=O)(=O)c2ccc(Cl)cc2)C1. The van der Waals surface area contributed by atoms with E-state index in [-0.39, 0.29) is 16.6 Å². The van der Waals surface area contributed by atoms with Gasteiger partial charge in [-0.3, -0.25) is 4.79 Å². The molecule has 0 amide bonds. The van der Waals surface area contributed by atoms with Crippen LogP contribution in [0.2, 0.25) is 5.02 Å². The van der Waals surface area contributed by atoms with Crippen molar-refractivity contribution in [3.63, 3.8) is 0 Å². The quantitative estimate of drug-likeness (QED) is 0.921. The molecular weight excluding hydrogens is 274 g/mol. The first kappa shape index (κ1) is 13.5. The third kappa shape index (κ3) is 3.31. The van der Waals surface area contributed by atoms with Crippen LogP contribution in [-0.2, 0) is 14.8 Å². The van der Waals surface area contributed by atoms with Crippen LogP contribution in [0.5, 0.6) is 0 Å². The van der Waals surface area contributed by atoms with Gasteiger partial charge < -0.3 is 0 Å². The Hall–Kier alpha value is -0.910. The van der Waals surface area contributed by atoms with Crippen molar-refractivity contribution in [1.82, 2.24) is 4.72 Å². The molecule has 1 aromatic rings. The number of nitrogens with one attached hydrogen (secondary N) is 1. The first-order chi connectivity index (χ1) is 8.47. The van der Waals surface area contributed by atoms with Crippen molar-refractivity contribution in [2.45, 2.75) is 24.2 Å². The highest BCUT2D eigenvalue weighted by molar-refractivity contribution is 7.89. The summed E-state index contributed by atoms with van der Waals surface area (Å²) in [5.41, 5.74) is 0. The molecule has 18 heavy (non-hydrogen) atoms. The van der Waals surface area contributed by atoms with Crippen molar-refractivity contribution < 1.29 is 13.2 Å². The molecule has 0 aliphatic heterocycles. The number of rotatable bonds is 4. The van der Waals surface area contributed by atoms with Crippen LogP contribution in [0, 0.1) is 5.92 Å². The van der Waals surface area contributed by atoms with E-state index in [1.54, 1.807) is 0 Å². The van der Waals surface area contributed by atoms with Crippen molar-refractivity contribution in [3.05, 3.63) is 29.3 Å². The normalized spacial score (nSPS) is 20.3. The van der Waals surface area contributed by atoms with Gasteiger partial charge in [-0.1, -0.05) is 11.6 Å². The van der Waals surface area contributed by atoms with E-state index >= 15 is 0 Å². The van der Waals surface area contributed by atoms with Gasteiger partial charge in [-0.15, -0.1) is 0 Å². The Morgan fingerprint density at radius 3 is 2.50 bits per heavy atom. The molecule has 0 heterocycles. The highest BCUT2D eigenvalue weighted by atomic mass is 35.5. The third-order valence-electron chi connectivity index (χ3n) is 3.03. The average Bonchev–Trinajstić information content (AvgIpc) is 2.73. The molecule has 6 heteroatoms. The molecule has 0 spiro atoms. The van der Waals surface area contributed by atoms with Gasteiger partial charge in [0.05, 0.1) is 4.90 Å². The second-order valence-corrected chi connectivity index (χ2v) is 6.66. The lowest BCUT2D eigenvalue weighted by Gasteiger charge is -2.10. The molecule has 1 aromatic carbocycles. The summed E-state index contributed by atoms with van der Waals surface area (Å²) in [4.78, 5) is 11.3. The van der Waals surface area contributed by atoms with Gasteiger partial charge in [0.15, 0.2) is 0 Å². The molecule has 1 aliphatic rings. The lowest BCUT2D eigenvalue weighted by atomic mass is 10.1. The molecule has 0 aromatic heterocycles. The monoisotopic (exact) mass is 287 g/mol. The average molecular weight is 288 g/mol. The van der Waals surface area contributed by atoms with E-state index in [4.69, 9.17) is 11.6 Å². The Kier molecular flexibility index (Phi) is 4.04. The fourth-order valence-electron chi connectivity index (χ4n) is 1.99. The van der Waals surface area contributed by atoms with Crippen LogP contribution in [0.4, 0.5) is 0 Å². The number of carbonyl (C=O) groups excluding carboxylic acids is 1. The Labute approximate surface area is 111 Å². The Morgan fingerprint density at radius 2 is 1.94 bits per heavy atom. The zero-order chi connectivity index (χ0) is 13.2. The van der Waals surface area contributed by atoms with Gasteiger partial charge in [-0.05, 0) is 36.6 Å². The zero-order valence-corrected chi connectivity index (χ0v) is 11.3. The minimum Gasteiger partial charge on any atom is -0.300 e. The van der Waals surface area contributed by atoms with Crippen molar-refractivity contribution in [2.75, 3.05) is 6.54 Å². The van der Waals surface area contributed by atoms with E-state index in [0.717, 1.165) is 6.42 Å². The molecule has 0 radical (unpaired) electrons. The van der Waals surface area contributed by atoms with Gasteiger partial charge in [0.2, 0.25) is 10.0 Å². The number of sulfonamides is 1. The topological polar surface area (TPSA) is 63.2 Å². The number of carbonyl (C=O) groups is 1. The number of halogens is 1. The minimum atomic E-state index is -3.50. The van der Waals surface area contributed by atoms with Gasteiger partial charge >= 0.3 is 0 Å². The molecule has 1 fully saturated rings. The van der Waals surface area contributed by atoms with Crippen LogP contribution in [0.25, 0.3) is 0 Å². The molecule has 1 unspecified atom stereocenters. The Balaban J connectivity index is 1.99. The van der Waals surface area contributed by atoms with E-state index in [1.165, 1.54) is 24.3 Å². The van der Waals surface area contributed by atoms with Crippen molar-refractivity contribution in [3.8, 4) is 0 Å². The van der Waals surface area contributed by atoms with Crippen LogP contribution in [-0.4, -0.2) is 20.7 Å². The molecule has 1 N–H and O–H groups in total. The zero-order valence-electron chi connectivity index (χ0n) is 9.73. The highest BCUT2D eigenvalue weighted by Crippen LogP contribution is 2.21. The number of benzene rings is 1. The maximum atomic E-state index is 11.9. The summed E-state index contributed by atoms with van der Waals surface area (Å²) in [5, 5.41) is 0.496. The number of hydrogen-bond donors (Lipinski definition) is 1. The van der Waals surface area contributed by atoms with E-state index in [0.29, 0.717) is 24.4 Å². The van der Waals surface area contributed by atoms with Gasteiger partial charge in [0.25, 0.3) is 0 Å². The molecule has 1 saturated carbocycles. The number of ketones is 1. The van der Waals surface area contributed by atoms with Gasteiger partial charge in [0, 0.05) is 24.4 Å². The van der Waals surface area contributed by atoms with Crippen molar-refractivity contribution >= 4 is 27.4 Å². The molecule has 1 aliphatic carbocycles. The summed E-state index contributed by atoms with van der Waals surface area (Å²) < 4.78 is 26.4. The summed E-state index contributed by atoms with van der Waals surface area (Å²) in [7, 11) is -3.50.